The van der Waals surface area contributed by atoms with Gasteiger partial charge in [-0.15, -0.1) is 0 Å². The van der Waals surface area contributed by atoms with Gasteiger partial charge in [0.2, 0.25) is 0 Å². The standard InChI is InChI=1S/C16H32O2.Nd/c1-2-3-4-5-6-7-8-9-10-11-12-13-14-15-16(17)18;/h2-15H2,1H3,(H,17,18);. The van der Waals surface area contributed by atoms with Crippen LogP contribution >= 0.6 is 0 Å². The van der Waals surface area contributed by atoms with Crippen LogP contribution in [0.1, 0.15) is 96.8 Å². The van der Waals surface area contributed by atoms with E-state index in [-0.39, 0.29) is 40.8 Å². The van der Waals surface area contributed by atoms with E-state index < -0.39 is 5.97 Å². The van der Waals surface area contributed by atoms with Gasteiger partial charge in [0, 0.05) is 47.3 Å². The average molecular weight is 401 g/mol. The first-order valence-electron chi connectivity index (χ1n) is 7.99. The maximum atomic E-state index is 10.3. The Hall–Kier alpha value is 0.821. The Morgan fingerprint density at radius 2 is 1.00 bits per heavy atom. The summed E-state index contributed by atoms with van der Waals surface area (Å²) >= 11 is 0. The fourth-order valence-corrected chi connectivity index (χ4v) is 2.29. The summed E-state index contributed by atoms with van der Waals surface area (Å²) in [6, 6.07) is 0. The Bertz CT molecular complexity index is 184. The van der Waals surface area contributed by atoms with Gasteiger partial charge < -0.3 is 5.11 Å². The zero-order chi connectivity index (χ0) is 13.5. The van der Waals surface area contributed by atoms with E-state index in [1.165, 1.54) is 70.6 Å². The molecule has 1 N–H and O–H groups in total. The number of aliphatic carboxylic acids is 1. The molecule has 0 fully saturated rings. The second-order valence-corrected chi connectivity index (χ2v) is 5.39. The van der Waals surface area contributed by atoms with Crippen LogP contribution < -0.4 is 0 Å². The molecule has 0 aliphatic rings. The average Bonchev–Trinajstić information content (AvgIpc) is 2.34. The Kier molecular flexibility index (Phi) is 21.9. The van der Waals surface area contributed by atoms with Crippen LogP contribution in [0.2, 0.25) is 0 Å². The van der Waals surface area contributed by atoms with Crippen LogP contribution in [0.15, 0.2) is 0 Å². The van der Waals surface area contributed by atoms with E-state index in [0.29, 0.717) is 6.42 Å². The summed E-state index contributed by atoms with van der Waals surface area (Å²) in [6.07, 6.45) is 17.3. The number of carboxylic acid groups (broad SMARTS) is 1. The van der Waals surface area contributed by atoms with Crippen molar-refractivity contribution in [1.29, 1.82) is 0 Å². The number of hydrogen-bond acceptors (Lipinski definition) is 1. The van der Waals surface area contributed by atoms with Gasteiger partial charge in [-0.3, -0.25) is 4.79 Å². The van der Waals surface area contributed by atoms with Gasteiger partial charge in [0.25, 0.3) is 0 Å². The van der Waals surface area contributed by atoms with Crippen molar-refractivity contribution in [3.8, 4) is 0 Å². The minimum atomic E-state index is -0.655. The summed E-state index contributed by atoms with van der Waals surface area (Å²) < 4.78 is 0. The zero-order valence-corrected chi connectivity index (χ0v) is 16.0. The molecule has 0 aromatic rings. The summed E-state index contributed by atoms with van der Waals surface area (Å²) in [5.41, 5.74) is 0. The van der Waals surface area contributed by atoms with Crippen LogP contribution in [0.3, 0.4) is 0 Å². The Labute approximate surface area is 152 Å². The maximum absolute atomic E-state index is 10.3. The van der Waals surface area contributed by atoms with Gasteiger partial charge in [-0.1, -0.05) is 84.0 Å². The third kappa shape index (κ3) is 21.3. The fourth-order valence-electron chi connectivity index (χ4n) is 2.29. The molecular weight excluding hydrogens is 368 g/mol. The molecule has 112 valence electrons. The largest absolute Gasteiger partial charge is 0.481 e. The minimum absolute atomic E-state index is 0. The fraction of sp³-hybridized carbons (Fsp3) is 0.938. The normalized spacial score (nSPS) is 10.2. The quantitative estimate of drug-likeness (QED) is 0.388. The van der Waals surface area contributed by atoms with E-state index >= 15 is 0 Å². The maximum Gasteiger partial charge on any atom is 0.303 e. The Morgan fingerprint density at radius 1 is 0.684 bits per heavy atom. The van der Waals surface area contributed by atoms with Crippen molar-refractivity contribution in [1.82, 2.24) is 0 Å². The molecule has 0 saturated carbocycles. The molecule has 0 saturated heterocycles. The van der Waals surface area contributed by atoms with Gasteiger partial charge in [-0.25, -0.2) is 0 Å². The molecule has 0 spiro atoms. The van der Waals surface area contributed by atoms with E-state index in [1.807, 2.05) is 0 Å². The summed E-state index contributed by atoms with van der Waals surface area (Å²) in [7, 11) is 0. The van der Waals surface area contributed by atoms with Crippen LogP contribution in [0, 0.1) is 40.8 Å². The molecule has 0 aromatic heterocycles. The van der Waals surface area contributed by atoms with Crippen molar-refractivity contribution in [2.24, 2.45) is 0 Å². The molecule has 0 unspecified atom stereocenters. The third-order valence-corrected chi connectivity index (χ3v) is 3.49. The van der Waals surface area contributed by atoms with Crippen LogP contribution in [0.4, 0.5) is 0 Å². The third-order valence-electron chi connectivity index (χ3n) is 3.49. The van der Waals surface area contributed by atoms with Crippen molar-refractivity contribution in [2.45, 2.75) is 96.8 Å². The summed E-state index contributed by atoms with van der Waals surface area (Å²) in [6.45, 7) is 2.26. The van der Waals surface area contributed by atoms with Crippen LogP contribution in [0.5, 0.6) is 0 Å². The molecule has 0 bridgehead atoms. The molecule has 0 radical (unpaired) electrons. The Morgan fingerprint density at radius 3 is 1.32 bits per heavy atom. The van der Waals surface area contributed by atoms with Crippen molar-refractivity contribution < 1.29 is 50.7 Å². The minimum Gasteiger partial charge on any atom is -0.481 e. The second-order valence-electron chi connectivity index (χ2n) is 5.39. The molecule has 2 nitrogen and oxygen atoms in total. The first-order valence-corrected chi connectivity index (χ1v) is 7.99. The van der Waals surface area contributed by atoms with E-state index in [2.05, 4.69) is 6.92 Å². The number of unbranched alkanes of at least 4 members (excludes halogenated alkanes) is 12. The van der Waals surface area contributed by atoms with Gasteiger partial charge in [-0.05, 0) is 6.42 Å². The van der Waals surface area contributed by atoms with E-state index in [4.69, 9.17) is 5.11 Å². The number of hydrogen-bond donors (Lipinski definition) is 1. The molecule has 0 atom stereocenters. The van der Waals surface area contributed by atoms with Crippen LogP contribution in [-0.2, 0) is 4.79 Å². The zero-order valence-electron chi connectivity index (χ0n) is 12.8. The monoisotopic (exact) mass is 398 g/mol. The Balaban J connectivity index is 0. The van der Waals surface area contributed by atoms with E-state index in [1.54, 1.807) is 0 Å². The SMILES string of the molecule is CCCCCCCCCCCCCCCC(=O)O.[Nd]. The van der Waals surface area contributed by atoms with Crippen molar-refractivity contribution in [3.05, 3.63) is 0 Å². The topological polar surface area (TPSA) is 37.3 Å². The molecule has 0 rings (SSSR count). The second kappa shape index (κ2) is 18.8. The van der Waals surface area contributed by atoms with E-state index in [9.17, 15) is 4.79 Å². The molecule has 0 aliphatic carbocycles. The van der Waals surface area contributed by atoms with Gasteiger partial charge in [0.1, 0.15) is 0 Å². The first kappa shape index (κ1) is 22.1. The molecule has 0 aliphatic heterocycles. The molecule has 19 heavy (non-hydrogen) atoms. The van der Waals surface area contributed by atoms with Gasteiger partial charge in [0.15, 0.2) is 0 Å². The predicted molar refractivity (Wildman–Crippen MR) is 77.9 cm³/mol. The molecule has 0 heterocycles. The van der Waals surface area contributed by atoms with Gasteiger partial charge >= 0.3 is 5.97 Å². The van der Waals surface area contributed by atoms with Crippen LogP contribution in [-0.4, -0.2) is 11.1 Å². The molecular formula is C16H32NdO2. The molecule has 0 aromatic carbocycles. The molecule has 3 heteroatoms. The van der Waals surface area contributed by atoms with Crippen molar-refractivity contribution in [3.63, 3.8) is 0 Å². The van der Waals surface area contributed by atoms with Crippen molar-refractivity contribution >= 4 is 5.97 Å². The number of carbonyl (C=O) groups is 1. The molecule has 0 amide bonds. The van der Waals surface area contributed by atoms with Gasteiger partial charge in [-0.2, -0.15) is 0 Å². The summed E-state index contributed by atoms with van der Waals surface area (Å²) in [5.74, 6) is -0.655. The predicted octanol–water partition coefficient (Wildman–Crippen LogP) is 5.55. The number of rotatable bonds is 14. The summed E-state index contributed by atoms with van der Waals surface area (Å²) in [4.78, 5) is 10.3. The number of carboxylic acids is 1. The van der Waals surface area contributed by atoms with E-state index in [0.717, 1.165) is 12.8 Å². The smallest absolute Gasteiger partial charge is 0.303 e. The summed E-state index contributed by atoms with van der Waals surface area (Å²) in [5, 5.41) is 8.49. The van der Waals surface area contributed by atoms with Crippen molar-refractivity contribution in [2.75, 3.05) is 0 Å². The van der Waals surface area contributed by atoms with Crippen LogP contribution in [0.25, 0.3) is 0 Å². The van der Waals surface area contributed by atoms with Gasteiger partial charge in [0.05, 0.1) is 0 Å². The first-order chi connectivity index (χ1) is 8.77.